The molecule has 0 aliphatic carbocycles. The number of carbonyl (C=O) groups is 1. The van der Waals surface area contributed by atoms with Crippen molar-refractivity contribution in [3.05, 3.63) is 40.9 Å². The number of aromatic nitrogens is 1. The molecule has 1 aromatic heterocycles. The fraction of sp³-hybridized carbons (Fsp3) is 0.154. The van der Waals surface area contributed by atoms with E-state index in [0.29, 0.717) is 10.9 Å². The van der Waals surface area contributed by atoms with E-state index in [1.165, 1.54) is 11.3 Å². The van der Waals surface area contributed by atoms with E-state index >= 15 is 0 Å². The molecule has 20 heavy (non-hydrogen) atoms. The minimum absolute atomic E-state index is 0.163. The van der Waals surface area contributed by atoms with Crippen LogP contribution in [-0.4, -0.2) is 23.7 Å². The summed E-state index contributed by atoms with van der Waals surface area (Å²) in [5.74, 6) is 0.0281. The standard InChI is InChI=1S/C13H14N4O2S/c1-9-8-20-13(16-9)17-15-6-10-4-2-3-5-11(10)19-7-12(14)18/h2-6,8H,7H2,1H3,(H2,14,18)(H,16,17). The van der Waals surface area contributed by atoms with E-state index < -0.39 is 5.91 Å². The van der Waals surface area contributed by atoms with Crippen LogP contribution in [0.5, 0.6) is 5.75 Å². The molecule has 0 aliphatic heterocycles. The van der Waals surface area contributed by atoms with Crippen LogP contribution >= 0.6 is 11.3 Å². The number of ether oxygens (including phenoxy) is 1. The summed E-state index contributed by atoms with van der Waals surface area (Å²) in [5, 5.41) is 6.74. The van der Waals surface area contributed by atoms with Crippen LogP contribution in [0.15, 0.2) is 34.7 Å². The quantitative estimate of drug-likeness (QED) is 0.626. The van der Waals surface area contributed by atoms with Gasteiger partial charge < -0.3 is 10.5 Å². The number of thiazole rings is 1. The van der Waals surface area contributed by atoms with E-state index in [9.17, 15) is 4.79 Å². The first-order valence-corrected chi connectivity index (χ1v) is 6.74. The highest BCUT2D eigenvalue weighted by atomic mass is 32.1. The Labute approximate surface area is 120 Å². The summed E-state index contributed by atoms with van der Waals surface area (Å²) < 4.78 is 5.30. The van der Waals surface area contributed by atoms with Gasteiger partial charge in [-0.05, 0) is 19.1 Å². The maximum Gasteiger partial charge on any atom is 0.255 e. The summed E-state index contributed by atoms with van der Waals surface area (Å²) in [7, 11) is 0. The van der Waals surface area contributed by atoms with Gasteiger partial charge in [0.15, 0.2) is 6.61 Å². The summed E-state index contributed by atoms with van der Waals surface area (Å²) in [6, 6.07) is 7.24. The van der Waals surface area contributed by atoms with Gasteiger partial charge in [0.25, 0.3) is 5.91 Å². The largest absolute Gasteiger partial charge is 0.483 e. The van der Waals surface area contributed by atoms with Gasteiger partial charge >= 0.3 is 0 Å². The second kappa shape index (κ2) is 6.67. The van der Waals surface area contributed by atoms with Crippen LogP contribution in [0.1, 0.15) is 11.3 Å². The maximum absolute atomic E-state index is 10.7. The van der Waals surface area contributed by atoms with Crippen LogP contribution in [0.3, 0.4) is 0 Å². The Morgan fingerprint density at radius 3 is 3.05 bits per heavy atom. The monoisotopic (exact) mass is 290 g/mol. The molecule has 0 aliphatic rings. The highest BCUT2D eigenvalue weighted by Gasteiger charge is 2.02. The zero-order valence-corrected chi connectivity index (χ0v) is 11.7. The number of primary amides is 1. The molecule has 1 aromatic carbocycles. The molecule has 0 atom stereocenters. The molecule has 104 valence electrons. The molecule has 7 heteroatoms. The molecule has 2 aromatic rings. The lowest BCUT2D eigenvalue weighted by Crippen LogP contribution is -2.20. The Bertz CT molecular complexity index is 624. The fourth-order valence-electron chi connectivity index (χ4n) is 1.43. The number of aryl methyl sites for hydroxylation is 1. The van der Waals surface area contributed by atoms with Crippen molar-refractivity contribution in [2.24, 2.45) is 10.8 Å². The third-order valence-corrected chi connectivity index (χ3v) is 3.14. The number of benzene rings is 1. The predicted octanol–water partition coefficient (Wildman–Crippen LogP) is 1.76. The summed E-state index contributed by atoms with van der Waals surface area (Å²) in [5.41, 5.74) is 9.58. The molecule has 2 rings (SSSR count). The number of hydrogen-bond donors (Lipinski definition) is 2. The lowest BCUT2D eigenvalue weighted by Gasteiger charge is -2.06. The molecule has 6 nitrogen and oxygen atoms in total. The third kappa shape index (κ3) is 4.06. The van der Waals surface area contributed by atoms with Crippen LogP contribution < -0.4 is 15.9 Å². The smallest absolute Gasteiger partial charge is 0.255 e. The molecule has 0 spiro atoms. The van der Waals surface area contributed by atoms with Crippen molar-refractivity contribution in [2.45, 2.75) is 6.92 Å². The number of para-hydroxylation sites is 1. The summed E-state index contributed by atoms with van der Waals surface area (Å²) in [6.45, 7) is 1.75. The van der Waals surface area contributed by atoms with Gasteiger partial charge in [0.2, 0.25) is 5.13 Å². The van der Waals surface area contributed by atoms with E-state index in [-0.39, 0.29) is 6.61 Å². The lowest BCUT2D eigenvalue weighted by atomic mass is 10.2. The Hall–Kier alpha value is -2.41. The van der Waals surface area contributed by atoms with Crippen molar-refractivity contribution in [2.75, 3.05) is 12.0 Å². The van der Waals surface area contributed by atoms with Gasteiger partial charge in [-0.2, -0.15) is 5.10 Å². The van der Waals surface area contributed by atoms with Crippen molar-refractivity contribution in [3.8, 4) is 5.75 Å². The molecule has 0 saturated heterocycles. The van der Waals surface area contributed by atoms with E-state index in [1.807, 2.05) is 30.5 Å². The van der Waals surface area contributed by atoms with Crippen LogP contribution in [0.2, 0.25) is 0 Å². The van der Waals surface area contributed by atoms with E-state index in [0.717, 1.165) is 11.3 Å². The molecule has 3 N–H and O–H groups in total. The summed E-state index contributed by atoms with van der Waals surface area (Å²) >= 11 is 1.47. The van der Waals surface area contributed by atoms with Crippen LogP contribution in [0.25, 0.3) is 0 Å². The number of hydrazone groups is 1. The average Bonchev–Trinajstić information content (AvgIpc) is 2.83. The molecule has 0 saturated carbocycles. The molecule has 1 amide bonds. The van der Waals surface area contributed by atoms with Crippen molar-refractivity contribution in [3.63, 3.8) is 0 Å². The molecule has 0 radical (unpaired) electrons. The topological polar surface area (TPSA) is 89.6 Å². The fourth-order valence-corrected chi connectivity index (χ4v) is 2.07. The highest BCUT2D eigenvalue weighted by molar-refractivity contribution is 7.13. The number of amides is 1. The maximum atomic E-state index is 10.7. The minimum atomic E-state index is -0.520. The minimum Gasteiger partial charge on any atom is -0.483 e. The Kier molecular flexibility index (Phi) is 4.67. The zero-order valence-electron chi connectivity index (χ0n) is 10.9. The van der Waals surface area contributed by atoms with Gasteiger partial charge in [-0.25, -0.2) is 4.98 Å². The molecular formula is C13H14N4O2S. The van der Waals surface area contributed by atoms with Crippen molar-refractivity contribution >= 4 is 28.6 Å². The number of carbonyl (C=O) groups excluding carboxylic acids is 1. The zero-order chi connectivity index (χ0) is 14.4. The summed E-state index contributed by atoms with van der Waals surface area (Å²) in [6.07, 6.45) is 1.60. The van der Waals surface area contributed by atoms with Crippen molar-refractivity contribution in [1.82, 2.24) is 4.98 Å². The first-order chi connectivity index (χ1) is 9.65. The summed E-state index contributed by atoms with van der Waals surface area (Å²) in [4.78, 5) is 15.0. The van der Waals surface area contributed by atoms with E-state index in [1.54, 1.807) is 12.3 Å². The number of nitrogens with one attached hydrogen (secondary N) is 1. The number of anilines is 1. The van der Waals surface area contributed by atoms with Gasteiger partial charge in [0.1, 0.15) is 5.75 Å². The normalized spacial score (nSPS) is 10.7. The van der Waals surface area contributed by atoms with Gasteiger partial charge in [0, 0.05) is 10.9 Å². The van der Waals surface area contributed by atoms with Crippen molar-refractivity contribution < 1.29 is 9.53 Å². The molecule has 0 bridgehead atoms. The van der Waals surface area contributed by atoms with Gasteiger partial charge in [0.05, 0.1) is 11.9 Å². The molecule has 0 fully saturated rings. The van der Waals surface area contributed by atoms with Crippen molar-refractivity contribution in [1.29, 1.82) is 0 Å². The molecule has 0 unspecified atom stereocenters. The Morgan fingerprint density at radius 1 is 1.55 bits per heavy atom. The van der Waals surface area contributed by atoms with Gasteiger partial charge in [-0.15, -0.1) is 11.3 Å². The second-order valence-corrected chi connectivity index (χ2v) is 4.81. The third-order valence-electron chi connectivity index (χ3n) is 2.27. The molecular weight excluding hydrogens is 276 g/mol. The SMILES string of the molecule is Cc1csc(NN=Cc2ccccc2OCC(N)=O)n1. The second-order valence-electron chi connectivity index (χ2n) is 3.96. The Morgan fingerprint density at radius 2 is 2.35 bits per heavy atom. The number of nitrogens with two attached hydrogens (primary N) is 1. The number of hydrogen-bond acceptors (Lipinski definition) is 6. The van der Waals surface area contributed by atoms with E-state index in [2.05, 4.69) is 15.5 Å². The van der Waals surface area contributed by atoms with Crippen LogP contribution in [-0.2, 0) is 4.79 Å². The first-order valence-electron chi connectivity index (χ1n) is 5.86. The number of nitrogens with zero attached hydrogens (tertiary/aromatic N) is 2. The molecule has 1 heterocycles. The van der Waals surface area contributed by atoms with E-state index in [4.69, 9.17) is 10.5 Å². The average molecular weight is 290 g/mol. The van der Waals surface area contributed by atoms with Crippen LogP contribution in [0, 0.1) is 6.92 Å². The predicted molar refractivity (Wildman–Crippen MR) is 79.2 cm³/mol. The first kappa shape index (κ1) is 14.0. The van der Waals surface area contributed by atoms with Crippen LogP contribution in [0.4, 0.5) is 5.13 Å². The highest BCUT2D eigenvalue weighted by Crippen LogP contribution is 2.17. The van der Waals surface area contributed by atoms with Gasteiger partial charge in [-0.1, -0.05) is 12.1 Å². The lowest BCUT2D eigenvalue weighted by molar-refractivity contribution is -0.119. The Balaban J connectivity index is 2.02. The number of rotatable bonds is 6. The van der Waals surface area contributed by atoms with Gasteiger partial charge in [-0.3, -0.25) is 10.2 Å².